The third-order valence-corrected chi connectivity index (χ3v) is 2.59. The quantitative estimate of drug-likeness (QED) is 0.817. The number of nitrogens with zero attached hydrogens (tertiary/aromatic N) is 2. The minimum Gasteiger partial charge on any atom is -0.456 e. The van der Waals surface area contributed by atoms with Crippen molar-refractivity contribution in [3.63, 3.8) is 0 Å². The topological polar surface area (TPSA) is 56.8 Å². The molecule has 0 heterocycles. The van der Waals surface area contributed by atoms with Gasteiger partial charge in [-0.05, 0) is 30.3 Å². The Morgan fingerprint density at radius 2 is 1.78 bits per heavy atom. The van der Waals surface area contributed by atoms with E-state index < -0.39 is 0 Å². The summed E-state index contributed by atoms with van der Waals surface area (Å²) in [5.41, 5.74) is 0.773. The van der Waals surface area contributed by atoms with Gasteiger partial charge in [0.2, 0.25) is 0 Å². The second kappa shape index (κ2) is 5.23. The molecule has 86 valence electrons. The molecule has 0 bridgehead atoms. The van der Waals surface area contributed by atoms with E-state index in [0.29, 0.717) is 22.1 Å². The van der Waals surface area contributed by atoms with Gasteiger partial charge in [-0.2, -0.15) is 10.5 Å². The Bertz CT molecular complexity index is 668. The van der Waals surface area contributed by atoms with E-state index in [2.05, 4.69) is 0 Å². The minimum absolute atomic E-state index is 0.279. The zero-order valence-corrected chi connectivity index (χ0v) is 9.98. The molecule has 0 amide bonds. The van der Waals surface area contributed by atoms with E-state index in [0.717, 1.165) is 0 Å². The second-order valence-corrected chi connectivity index (χ2v) is 3.87. The van der Waals surface area contributed by atoms with Crippen LogP contribution < -0.4 is 4.74 Å². The largest absolute Gasteiger partial charge is 0.456 e. The monoisotopic (exact) mass is 254 g/mol. The van der Waals surface area contributed by atoms with E-state index in [1.165, 1.54) is 0 Å². The van der Waals surface area contributed by atoms with Crippen LogP contribution in [0.3, 0.4) is 0 Å². The maximum absolute atomic E-state index is 9.01. The van der Waals surface area contributed by atoms with Crippen LogP contribution in [0.1, 0.15) is 11.1 Å². The highest BCUT2D eigenvalue weighted by molar-refractivity contribution is 6.31. The average molecular weight is 255 g/mol. The van der Waals surface area contributed by atoms with Crippen molar-refractivity contribution in [3.8, 4) is 23.6 Å². The molecule has 0 N–H and O–H groups in total. The molecule has 0 radical (unpaired) electrons. The predicted octanol–water partition coefficient (Wildman–Crippen LogP) is 3.88. The van der Waals surface area contributed by atoms with E-state index in [1.54, 1.807) is 42.5 Å². The summed E-state index contributed by atoms with van der Waals surface area (Å²) in [5.74, 6) is 0.868. The molecular weight excluding hydrogens is 248 g/mol. The standard InChI is InChI=1S/C14H7ClN2O/c15-13-5-2-6-14(12(13)9-17)18-11-4-1-3-10(7-11)8-16/h1-7H. The Labute approximate surface area is 109 Å². The SMILES string of the molecule is N#Cc1cccc(Oc2cccc(Cl)c2C#N)c1. The Balaban J connectivity index is 2.38. The lowest BCUT2D eigenvalue weighted by Gasteiger charge is -2.08. The number of hydrogen-bond acceptors (Lipinski definition) is 3. The van der Waals surface area contributed by atoms with Crippen LogP contribution in [0.4, 0.5) is 0 Å². The lowest BCUT2D eigenvalue weighted by atomic mass is 10.2. The average Bonchev–Trinajstić information content (AvgIpc) is 2.39. The van der Waals surface area contributed by atoms with Crippen molar-refractivity contribution in [1.29, 1.82) is 10.5 Å². The molecule has 0 saturated heterocycles. The summed E-state index contributed by atoms with van der Waals surface area (Å²) < 4.78 is 5.57. The van der Waals surface area contributed by atoms with E-state index >= 15 is 0 Å². The molecule has 0 saturated carbocycles. The van der Waals surface area contributed by atoms with Gasteiger partial charge in [-0.15, -0.1) is 0 Å². The lowest BCUT2D eigenvalue weighted by Crippen LogP contribution is -1.89. The lowest BCUT2D eigenvalue weighted by molar-refractivity contribution is 0.481. The highest BCUT2D eigenvalue weighted by Gasteiger charge is 2.08. The first kappa shape index (κ1) is 12.0. The number of nitriles is 2. The van der Waals surface area contributed by atoms with Gasteiger partial charge in [-0.25, -0.2) is 0 Å². The zero-order valence-electron chi connectivity index (χ0n) is 9.22. The summed E-state index contributed by atoms with van der Waals surface area (Å²) >= 11 is 5.90. The number of rotatable bonds is 2. The molecule has 0 aliphatic heterocycles. The summed E-state index contributed by atoms with van der Waals surface area (Å²) in [7, 11) is 0. The molecular formula is C14H7ClN2O. The van der Waals surface area contributed by atoms with Gasteiger partial charge in [0.15, 0.2) is 0 Å². The van der Waals surface area contributed by atoms with E-state index in [9.17, 15) is 0 Å². The molecule has 0 aliphatic rings. The fourth-order valence-corrected chi connectivity index (χ4v) is 1.66. The van der Waals surface area contributed by atoms with Crippen molar-refractivity contribution in [3.05, 3.63) is 58.6 Å². The highest BCUT2D eigenvalue weighted by Crippen LogP contribution is 2.29. The fraction of sp³-hybridized carbons (Fsp3) is 0. The van der Waals surface area contributed by atoms with Gasteiger partial charge in [0.25, 0.3) is 0 Å². The van der Waals surface area contributed by atoms with Crippen molar-refractivity contribution in [1.82, 2.24) is 0 Å². The van der Waals surface area contributed by atoms with Crippen LogP contribution in [0, 0.1) is 22.7 Å². The zero-order chi connectivity index (χ0) is 13.0. The molecule has 4 heteroatoms. The van der Waals surface area contributed by atoms with Crippen LogP contribution in [0.2, 0.25) is 5.02 Å². The first-order valence-electron chi connectivity index (χ1n) is 5.11. The van der Waals surface area contributed by atoms with E-state index in [-0.39, 0.29) is 5.56 Å². The third kappa shape index (κ3) is 2.43. The van der Waals surface area contributed by atoms with E-state index in [1.807, 2.05) is 12.1 Å². The Morgan fingerprint density at radius 3 is 2.50 bits per heavy atom. The van der Waals surface area contributed by atoms with Gasteiger partial charge in [-0.1, -0.05) is 23.7 Å². The maximum Gasteiger partial charge on any atom is 0.146 e. The summed E-state index contributed by atoms with van der Waals surface area (Å²) in [6, 6.07) is 15.7. The summed E-state index contributed by atoms with van der Waals surface area (Å²) in [5, 5.41) is 18.1. The first-order valence-corrected chi connectivity index (χ1v) is 5.49. The Morgan fingerprint density at radius 1 is 1.00 bits per heavy atom. The molecule has 0 atom stereocenters. The van der Waals surface area contributed by atoms with E-state index in [4.69, 9.17) is 26.9 Å². The van der Waals surface area contributed by atoms with Crippen LogP contribution >= 0.6 is 11.6 Å². The number of hydrogen-bond donors (Lipinski definition) is 0. The van der Waals surface area contributed by atoms with Crippen LogP contribution in [0.5, 0.6) is 11.5 Å². The summed E-state index contributed by atoms with van der Waals surface area (Å²) in [6.45, 7) is 0. The second-order valence-electron chi connectivity index (χ2n) is 3.47. The van der Waals surface area contributed by atoms with Crippen molar-refractivity contribution in [2.45, 2.75) is 0 Å². The normalized spacial score (nSPS) is 9.28. The van der Waals surface area contributed by atoms with Crippen LogP contribution in [0.25, 0.3) is 0 Å². The molecule has 0 aromatic heterocycles. The van der Waals surface area contributed by atoms with Gasteiger partial charge in [-0.3, -0.25) is 0 Å². The number of benzene rings is 2. The fourth-order valence-electron chi connectivity index (χ4n) is 1.45. The number of halogens is 1. The molecule has 3 nitrogen and oxygen atoms in total. The molecule has 0 aliphatic carbocycles. The molecule has 0 fully saturated rings. The van der Waals surface area contributed by atoms with Crippen molar-refractivity contribution < 1.29 is 4.74 Å². The molecule has 0 unspecified atom stereocenters. The first-order chi connectivity index (χ1) is 8.74. The van der Waals surface area contributed by atoms with Crippen LogP contribution in [-0.4, -0.2) is 0 Å². The van der Waals surface area contributed by atoms with Gasteiger partial charge in [0, 0.05) is 0 Å². The smallest absolute Gasteiger partial charge is 0.146 e. The summed E-state index contributed by atoms with van der Waals surface area (Å²) in [4.78, 5) is 0. The van der Waals surface area contributed by atoms with Gasteiger partial charge in [0.05, 0.1) is 16.7 Å². The third-order valence-electron chi connectivity index (χ3n) is 2.28. The predicted molar refractivity (Wildman–Crippen MR) is 67.4 cm³/mol. The summed E-state index contributed by atoms with van der Waals surface area (Å²) in [6.07, 6.45) is 0. The van der Waals surface area contributed by atoms with Gasteiger partial charge >= 0.3 is 0 Å². The van der Waals surface area contributed by atoms with Crippen LogP contribution in [-0.2, 0) is 0 Å². The van der Waals surface area contributed by atoms with Crippen LogP contribution in [0.15, 0.2) is 42.5 Å². The van der Waals surface area contributed by atoms with Gasteiger partial charge in [0.1, 0.15) is 23.1 Å². The molecule has 2 aromatic carbocycles. The maximum atomic E-state index is 9.01. The van der Waals surface area contributed by atoms with Crippen molar-refractivity contribution in [2.24, 2.45) is 0 Å². The Kier molecular flexibility index (Phi) is 3.48. The molecule has 2 rings (SSSR count). The van der Waals surface area contributed by atoms with Gasteiger partial charge < -0.3 is 4.74 Å². The highest BCUT2D eigenvalue weighted by atomic mass is 35.5. The number of ether oxygens (including phenoxy) is 1. The van der Waals surface area contributed by atoms with Crippen molar-refractivity contribution >= 4 is 11.6 Å². The Hall–Kier alpha value is -2.49. The van der Waals surface area contributed by atoms with Crippen molar-refractivity contribution in [2.75, 3.05) is 0 Å². The molecule has 0 spiro atoms. The molecule has 18 heavy (non-hydrogen) atoms. The minimum atomic E-state index is 0.279. The molecule has 2 aromatic rings.